The molecule has 3 aromatic carbocycles. The van der Waals surface area contributed by atoms with Crippen LogP contribution in [-0.2, 0) is 10.0 Å². The van der Waals surface area contributed by atoms with Gasteiger partial charge in [-0.3, -0.25) is 0 Å². The van der Waals surface area contributed by atoms with Crippen molar-refractivity contribution in [2.45, 2.75) is 11.3 Å². The maximum atomic E-state index is 14.7. The smallest absolute Gasteiger partial charge is 0.282 e. The number of benzene rings is 3. The van der Waals surface area contributed by atoms with E-state index in [1.54, 1.807) is 6.07 Å². The van der Waals surface area contributed by atoms with Gasteiger partial charge in [0, 0.05) is 16.2 Å². The fourth-order valence-electron chi connectivity index (χ4n) is 3.13. The Bertz CT molecular complexity index is 1320. The van der Waals surface area contributed by atoms with E-state index < -0.39 is 28.0 Å². The van der Waals surface area contributed by atoms with E-state index in [0.717, 1.165) is 4.79 Å². The summed E-state index contributed by atoms with van der Waals surface area (Å²) in [5.41, 5.74) is -0.604. The molecule has 29 heavy (non-hydrogen) atoms. The molecule has 0 radical (unpaired) electrons. The van der Waals surface area contributed by atoms with Crippen LogP contribution in [0, 0.1) is 5.82 Å². The van der Waals surface area contributed by atoms with Crippen molar-refractivity contribution in [3.8, 4) is 5.75 Å². The van der Waals surface area contributed by atoms with Crippen LogP contribution in [0.3, 0.4) is 0 Å². The normalized spacial score (nSPS) is 12.0. The Hall–Kier alpha value is -3.27. The third kappa shape index (κ3) is 3.15. The fourth-order valence-corrected chi connectivity index (χ4v) is 4.11. The quantitative estimate of drug-likeness (QED) is 0.524. The van der Waals surface area contributed by atoms with Crippen LogP contribution >= 0.6 is 0 Å². The molecule has 1 heterocycles. The zero-order chi connectivity index (χ0) is 20.8. The summed E-state index contributed by atoms with van der Waals surface area (Å²) in [6.45, 7) is 0. The molecule has 0 amide bonds. The number of hydrogen-bond donors (Lipinski definition) is 1. The Labute approximate surface area is 163 Å². The highest BCUT2D eigenvalue weighted by molar-refractivity contribution is 7.92. The third-order valence-electron chi connectivity index (χ3n) is 4.45. The first-order valence-electron chi connectivity index (χ1n) is 8.37. The molecule has 4 aromatic rings. The van der Waals surface area contributed by atoms with Gasteiger partial charge in [0.25, 0.3) is 16.4 Å². The summed E-state index contributed by atoms with van der Waals surface area (Å²) in [4.78, 5) is 2.85. The van der Waals surface area contributed by atoms with Gasteiger partial charge >= 0.3 is 0 Å². The van der Waals surface area contributed by atoms with E-state index in [0.29, 0.717) is 0 Å². The van der Waals surface area contributed by atoms with Crippen LogP contribution in [0.15, 0.2) is 59.5 Å². The van der Waals surface area contributed by atoms with Crippen LogP contribution in [-0.4, -0.2) is 25.4 Å². The van der Waals surface area contributed by atoms with E-state index in [9.17, 15) is 21.6 Å². The highest BCUT2D eigenvalue weighted by Crippen LogP contribution is 2.35. The van der Waals surface area contributed by atoms with Crippen molar-refractivity contribution in [3.05, 3.63) is 66.1 Å². The van der Waals surface area contributed by atoms with Crippen LogP contribution in [0.1, 0.15) is 12.1 Å². The minimum atomic E-state index is -4.12. The van der Waals surface area contributed by atoms with Crippen molar-refractivity contribution in [2.75, 3.05) is 11.9 Å². The van der Waals surface area contributed by atoms with Crippen molar-refractivity contribution in [3.63, 3.8) is 0 Å². The van der Waals surface area contributed by atoms with E-state index in [-0.39, 0.29) is 32.3 Å². The first-order chi connectivity index (χ1) is 13.8. The molecule has 0 saturated carbocycles. The molecule has 10 heteroatoms. The largest absolute Gasteiger partial charge is 0.494 e. The lowest BCUT2D eigenvalue weighted by Crippen LogP contribution is -2.24. The summed E-state index contributed by atoms with van der Waals surface area (Å²) in [7, 11) is -2.82. The molecule has 0 atom stereocenters. The molecule has 0 aliphatic heterocycles. The maximum Gasteiger partial charge on any atom is 0.282 e. The van der Waals surface area contributed by atoms with Gasteiger partial charge in [0.2, 0.25) is 0 Å². The Morgan fingerprint density at radius 1 is 1.00 bits per heavy atom. The minimum Gasteiger partial charge on any atom is -0.494 e. The number of methoxy groups -OCH3 is 1. The second-order valence-electron chi connectivity index (χ2n) is 6.14. The highest BCUT2D eigenvalue weighted by Gasteiger charge is 2.24. The number of hydrogen-bond acceptors (Lipinski definition) is 4. The number of halogens is 3. The summed E-state index contributed by atoms with van der Waals surface area (Å²) >= 11 is 0. The molecule has 4 rings (SSSR count). The van der Waals surface area contributed by atoms with Gasteiger partial charge in [-0.15, -0.1) is 5.10 Å². The zero-order valence-corrected chi connectivity index (χ0v) is 15.8. The van der Waals surface area contributed by atoms with Gasteiger partial charge in [-0.2, -0.15) is 18.0 Å². The lowest BCUT2D eigenvalue weighted by Gasteiger charge is -2.11. The van der Waals surface area contributed by atoms with Gasteiger partial charge < -0.3 is 4.74 Å². The molecule has 0 spiro atoms. The van der Waals surface area contributed by atoms with Crippen LogP contribution in [0.25, 0.3) is 21.7 Å². The molecule has 0 bridgehead atoms. The standard InChI is InChI=1S/C19H14F3N3O3S/c1-28-15-10-9-13-12(16(15)20)7-8-14-17(19(21)22)23-25(18(13)14)24-29(26,27)11-5-3-2-4-6-11/h2-10,19,24H,1H3. The number of ether oxygens (including phenoxy) is 1. The molecule has 6 nitrogen and oxygen atoms in total. The number of nitrogens with zero attached hydrogens (tertiary/aromatic N) is 2. The van der Waals surface area contributed by atoms with E-state index >= 15 is 0 Å². The summed E-state index contributed by atoms with van der Waals surface area (Å²) in [5.74, 6) is -0.717. The van der Waals surface area contributed by atoms with Crippen molar-refractivity contribution in [1.29, 1.82) is 0 Å². The SMILES string of the molecule is COc1ccc2c(ccc3c(C(F)F)nn(NS(=O)(=O)c4ccccc4)c32)c1F. The van der Waals surface area contributed by atoms with E-state index in [2.05, 4.69) is 9.93 Å². The molecule has 0 aliphatic rings. The average molecular weight is 421 g/mol. The zero-order valence-electron chi connectivity index (χ0n) is 14.9. The fraction of sp³-hybridized carbons (Fsp3) is 0.105. The number of rotatable bonds is 5. The summed E-state index contributed by atoms with van der Waals surface area (Å²) in [5, 5.41) is 4.04. The third-order valence-corrected chi connectivity index (χ3v) is 5.76. The molecular weight excluding hydrogens is 407 g/mol. The van der Waals surface area contributed by atoms with Crippen LogP contribution in [0.2, 0.25) is 0 Å². The number of fused-ring (bicyclic) bond motifs is 3. The first-order valence-corrected chi connectivity index (χ1v) is 9.85. The molecular formula is C19H14F3N3O3S. The van der Waals surface area contributed by atoms with Gasteiger partial charge in [-0.25, -0.2) is 13.2 Å². The topological polar surface area (TPSA) is 73.2 Å². The first kappa shape index (κ1) is 19.1. The van der Waals surface area contributed by atoms with Crippen LogP contribution in [0.5, 0.6) is 5.75 Å². The van der Waals surface area contributed by atoms with Gasteiger partial charge in [0.1, 0.15) is 11.2 Å². The summed E-state index contributed by atoms with van der Waals surface area (Å²) in [6, 6.07) is 12.8. The molecule has 0 aliphatic carbocycles. The molecule has 0 fully saturated rings. The Kier molecular flexibility index (Phi) is 4.58. The molecule has 0 unspecified atom stereocenters. The molecule has 1 N–H and O–H groups in total. The lowest BCUT2D eigenvalue weighted by molar-refractivity contribution is 0.147. The average Bonchev–Trinajstić information content (AvgIpc) is 3.07. The summed E-state index contributed by atoms with van der Waals surface area (Å²) < 4.78 is 72.0. The summed E-state index contributed by atoms with van der Waals surface area (Å²) in [6.07, 6.45) is -2.96. The number of aromatic nitrogens is 2. The lowest BCUT2D eigenvalue weighted by atomic mass is 10.1. The second-order valence-corrected chi connectivity index (χ2v) is 7.81. The Balaban J connectivity index is 1.99. The van der Waals surface area contributed by atoms with Crippen LogP contribution in [0.4, 0.5) is 13.2 Å². The van der Waals surface area contributed by atoms with E-state index in [1.165, 1.54) is 55.6 Å². The predicted octanol–water partition coefficient (Wildman–Crippen LogP) is 4.21. The van der Waals surface area contributed by atoms with Crippen molar-refractivity contribution >= 4 is 31.7 Å². The van der Waals surface area contributed by atoms with E-state index in [1.807, 2.05) is 0 Å². The number of nitrogens with one attached hydrogen (secondary N) is 1. The number of alkyl halides is 2. The van der Waals surface area contributed by atoms with Gasteiger partial charge in [-0.1, -0.05) is 24.3 Å². The predicted molar refractivity (Wildman–Crippen MR) is 102 cm³/mol. The highest BCUT2D eigenvalue weighted by atomic mass is 32.2. The van der Waals surface area contributed by atoms with Gasteiger partial charge in [-0.05, 0) is 30.3 Å². The molecule has 1 aromatic heterocycles. The van der Waals surface area contributed by atoms with Crippen molar-refractivity contribution < 1.29 is 26.3 Å². The second kappa shape index (κ2) is 6.96. The Morgan fingerprint density at radius 3 is 2.31 bits per heavy atom. The number of sulfonamides is 1. The van der Waals surface area contributed by atoms with Gasteiger partial charge in [0.15, 0.2) is 11.6 Å². The monoisotopic (exact) mass is 421 g/mol. The van der Waals surface area contributed by atoms with E-state index in [4.69, 9.17) is 4.74 Å². The van der Waals surface area contributed by atoms with Crippen LogP contribution < -0.4 is 9.57 Å². The molecule has 0 saturated heterocycles. The maximum absolute atomic E-state index is 14.7. The Morgan fingerprint density at radius 2 is 1.66 bits per heavy atom. The minimum absolute atomic E-state index is 0.00725. The molecule has 150 valence electrons. The van der Waals surface area contributed by atoms with Gasteiger partial charge in [0.05, 0.1) is 12.0 Å². The van der Waals surface area contributed by atoms with Crippen molar-refractivity contribution in [2.24, 2.45) is 0 Å². The van der Waals surface area contributed by atoms with Crippen molar-refractivity contribution in [1.82, 2.24) is 9.89 Å².